The van der Waals surface area contributed by atoms with Gasteiger partial charge in [-0.15, -0.1) is 0 Å². The minimum Gasteiger partial charge on any atom is -0.0622 e. The van der Waals surface area contributed by atoms with Crippen LogP contribution >= 0.6 is 0 Å². The summed E-state index contributed by atoms with van der Waals surface area (Å²) in [5.74, 6) is -3.47. The second kappa shape index (κ2) is 9.66. The summed E-state index contributed by atoms with van der Waals surface area (Å²) in [6, 6.07) is 13.6. The maximum atomic E-state index is 11.9. The number of carbonyl (C=O) groups excluding carboxylic acids is 1. The molecule has 0 spiro atoms. The van der Waals surface area contributed by atoms with Gasteiger partial charge in [0.1, 0.15) is 0 Å². The smallest absolute Gasteiger partial charge is 0.0398 e. The molecule has 144 valence electrons. The first-order valence-electron chi connectivity index (χ1n) is 7.60. The van der Waals surface area contributed by atoms with Crippen molar-refractivity contribution in [1.29, 1.82) is 0 Å². The first-order valence-corrected chi connectivity index (χ1v) is 10.9. The van der Waals surface area contributed by atoms with E-state index in [0.29, 0.717) is 0 Å². The zero-order valence-electron chi connectivity index (χ0n) is 14.7. The summed E-state index contributed by atoms with van der Waals surface area (Å²) >= 11 is -5.28. The molecule has 0 aliphatic carbocycles. The standard InChI is InChI=1S/C11H12AsNO7.C7H8/c1-6(11(16)17)20-12(18,19)9-4-3-8(5-10(9)15)13-7(2)14;1-7-5-3-2-4-6-7/h3-5,15H,1H2,2H3,(H,13,14)(H,16,17)(H,18,19);2-6H,1H3. The molecule has 2 aromatic carbocycles. The van der Waals surface area contributed by atoms with Crippen molar-refractivity contribution in [2.75, 3.05) is 5.32 Å². The maximum Gasteiger partial charge on any atom is -0.0398 e. The zero-order chi connectivity index (χ0) is 20.6. The van der Waals surface area contributed by atoms with Gasteiger partial charge in [-0.25, -0.2) is 0 Å². The van der Waals surface area contributed by atoms with E-state index >= 15 is 0 Å². The van der Waals surface area contributed by atoms with Gasteiger partial charge in [0.25, 0.3) is 0 Å². The molecule has 1 atom stereocenters. The van der Waals surface area contributed by atoms with Crippen LogP contribution in [-0.2, 0) is 17.1 Å². The Bertz CT molecular complexity index is 881. The molecule has 0 radical (unpaired) electrons. The number of anilines is 1. The van der Waals surface area contributed by atoms with Crippen LogP contribution < -0.4 is 9.67 Å². The summed E-state index contributed by atoms with van der Waals surface area (Å²) in [5.41, 5.74) is 1.54. The summed E-state index contributed by atoms with van der Waals surface area (Å²) in [6.07, 6.45) is 0. The van der Waals surface area contributed by atoms with Gasteiger partial charge < -0.3 is 0 Å². The third kappa shape index (κ3) is 7.43. The molecular weight excluding hydrogens is 417 g/mol. The van der Waals surface area contributed by atoms with E-state index in [1.54, 1.807) is 0 Å². The minimum absolute atomic E-state index is 0.214. The molecule has 4 N–H and O–H groups in total. The molecule has 9 heteroatoms. The van der Waals surface area contributed by atoms with E-state index in [9.17, 15) is 22.5 Å². The Balaban J connectivity index is 0.000000433. The number of nitrogens with one attached hydrogen (secondary N) is 1. The van der Waals surface area contributed by atoms with E-state index in [0.717, 1.165) is 12.1 Å². The van der Waals surface area contributed by atoms with E-state index < -0.39 is 36.0 Å². The number of aromatic hydroxyl groups is 1. The van der Waals surface area contributed by atoms with Crippen LogP contribution in [0.3, 0.4) is 0 Å². The third-order valence-electron chi connectivity index (χ3n) is 3.01. The van der Waals surface area contributed by atoms with Crippen molar-refractivity contribution in [3.63, 3.8) is 0 Å². The Kier molecular flexibility index (Phi) is 7.90. The first kappa shape index (κ1) is 22.1. The molecule has 0 saturated carbocycles. The number of rotatable bonds is 5. The molecule has 27 heavy (non-hydrogen) atoms. The summed E-state index contributed by atoms with van der Waals surface area (Å²) in [4.78, 5) is 21.3. The predicted octanol–water partition coefficient (Wildman–Crippen LogP) is 1.53. The van der Waals surface area contributed by atoms with Gasteiger partial charge in [0.2, 0.25) is 0 Å². The quantitative estimate of drug-likeness (QED) is 0.317. The van der Waals surface area contributed by atoms with E-state index in [1.165, 1.54) is 18.6 Å². The second-order valence-electron chi connectivity index (χ2n) is 5.38. The number of carboxylic acid groups (broad SMARTS) is 1. The number of aryl methyl sites for hydroxylation is 1. The number of carboxylic acids is 1. The number of phenols is 1. The number of phenolic OH excluding ortho intramolecular Hbond substituents is 1. The Labute approximate surface area is 159 Å². The van der Waals surface area contributed by atoms with E-state index in [-0.39, 0.29) is 11.6 Å². The largest absolute Gasteiger partial charge is 0.0622 e. The summed E-state index contributed by atoms with van der Waals surface area (Å²) in [7, 11) is 0. The molecule has 0 fully saturated rings. The van der Waals surface area contributed by atoms with Crippen molar-refractivity contribution in [2.24, 2.45) is 0 Å². The molecule has 0 aliphatic rings. The third-order valence-corrected chi connectivity index (χ3v) is 6.07. The molecule has 2 aromatic rings. The first-order chi connectivity index (χ1) is 12.5. The maximum absolute atomic E-state index is 11.9. The van der Waals surface area contributed by atoms with Gasteiger partial charge in [0, 0.05) is 0 Å². The summed E-state index contributed by atoms with van der Waals surface area (Å²) in [6.45, 7) is 6.31. The fourth-order valence-electron chi connectivity index (χ4n) is 1.82. The monoisotopic (exact) mass is 437 g/mol. The van der Waals surface area contributed by atoms with Crippen molar-refractivity contribution < 1.29 is 31.4 Å². The van der Waals surface area contributed by atoms with Gasteiger partial charge in [-0.3, -0.25) is 0 Å². The number of amides is 1. The number of carbonyl (C=O) groups is 2. The van der Waals surface area contributed by atoms with E-state index in [1.807, 2.05) is 18.2 Å². The van der Waals surface area contributed by atoms with Crippen LogP contribution in [0.15, 0.2) is 60.9 Å². The van der Waals surface area contributed by atoms with Crippen molar-refractivity contribution >= 4 is 36.1 Å². The van der Waals surface area contributed by atoms with Crippen LogP contribution in [0.25, 0.3) is 0 Å². The number of hydrogen-bond donors (Lipinski definition) is 4. The fraction of sp³-hybridized carbons (Fsp3) is 0.111. The summed E-state index contributed by atoms with van der Waals surface area (Å²) in [5, 5.41) is 20.6. The molecule has 0 bridgehead atoms. The molecule has 8 nitrogen and oxygen atoms in total. The van der Waals surface area contributed by atoms with Crippen molar-refractivity contribution in [1.82, 2.24) is 0 Å². The topological polar surface area (TPSA) is 133 Å². The molecular formula is C18H20AsNO7. The van der Waals surface area contributed by atoms with Gasteiger partial charge >= 0.3 is 116 Å². The SMILES string of the molecule is C=C(O[As](=O)(O)c1ccc(NC(C)=O)cc1O)C(=O)O.Cc1ccccc1. The van der Waals surface area contributed by atoms with Crippen molar-refractivity contribution in [3.05, 3.63) is 66.4 Å². The molecule has 0 heterocycles. The van der Waals surface area contributed by atoms with Crippen LogP contribution in [0.4, 0.5) is 5.69 Å². The molecule has 1 amide bonds. The van der Waals surface area contributed by atoms with Crippen LogP contribution in [0.1, 0.15) is 12.5 Å². The van der Waals surface area contributed by atoms with E-state index in [4.69, 9.17) is 5.11 Å². The van der Waals surface area contributed by atoms with Crippen molar-refractivity contribution in [2.45, 2.75) is 13.8 Å². The Morgan fingerprint density at radius 1 is 1.15 bits per heavy atom. The normalized spacial score (nSPS) is 12.0. The number of hydrogen-bond acceptors (Lipinski definition) is 5. The molecule has 0 aliphatic heterocycles. The van der Waals surface area contributed by atoms with Gasteiger partial charge in [-0.2, -0.15) is 0 Å². The zero-order valence-corrected chi connectivity index (χ0v) is 16.6. The van der Waals surface area contributed by atoms with E-state index in [2.05, 4.69) is 34.7 Å². The van der Waals surface area contributed by atoms with Gasteiger partial charge in [0.05, 0.1) is 0 Å². The van der Waals surface area contributed by atoms with Crippen LogP contribution in [0.5, 0.6) is 5.75 Å². The van der Waals surface area contributed by atoms with Crippen molar-refractivity contribution in [3.8, 4) is 5.75 Å². The average Bonchev–Trinajstić information content (AvgIpc) is 2.54. The van der Waals surface area contributed by atoms with Crippen LogP contribution in [-0.4, -0.2) is 40.4 Å². The van der Waals surface area contributed by atoms with Gasteiger partial charge in [-0.05, 0) is 6.92 Å². The van der Waals surface area contributed by atoms with Gasteiger partial charge in [0.15, 0.2) is 0 Å². The molecule has 0 saturated heterocycles. The Hall–Kier alpha value is -2.96. The molecule has 1 unspecified atom stereocenters. The second-order valence-corrected chi connectivity index (χ2v) is 8.96. The number of aliphatic carboxylic acids is 1. The minimum atomic E-state index is -5.28. The Morgan fingerprint density at radius 3 is 2.15 bits per heavy atom. The fourth-order valence-corrected chi connectivity index (χ4v) is 4.11. The average molecular weight is 437 g/mol. The summed E-state index contributed by atoms with van der Waals surface area (Å²) < 4.78 is 25.6. The van der Waals surface area contributed by atoms with Crippen LogP contribution in [0.2, 0.25) is 0 Å². The van der Waals surface area contributed by atoms with Gasteiger partial charge in [-0.1, -0.05) is 35.9 Å². The predicted molar refractivity (Wildman–Crippen MR) is 99.7 cm³/mol. The molecule has 0 aromatic heterocycles. The van der Waals surface area contributed by atoms with Crippen LogP contribution in [0, 0.1) is 6.92 Å². The number of benzene rings is 2. The molecule has 2 rings (SSSR count). The Morgan fingerprint density at radius 2 is 1.74 bits per heavy atom.